The van der Waals surface area contributed by atoms with Crippen LogP contribution < -0.4 is 5.32 Å². The Morgan fingerprint density at radius 2 is 2.13 bits per heavy atom. The largest absolute Gasteiger partial charge is 0.451 e. The van der Waals surface area contributed by atoms with Gasteiger partial charge in [-0.2, -0.15) is 0 Å². The van der Waals surface area contributed by atoms with Crippen LogP contribution in [0.15, 0.2) is 22.6 Å². The molecule has 2 aromatic heterocycles. The number of anilines is 1. The molecule has 0 saturated heterocycles. The van der Waals surface area contributed by atoms with Crippen LogP contribution in [0.25, 0.3) is 11.0 Å². The highest BCUT2D eigenvalue weighted by molar-refractivity contribution is 7.15. The number of nitrogens with one attached hydrogen (secondary N) is 1. The Balaban J connectivity index is 1.89. The van der Waals surface area contributed by atoms with Crippen molar-refractivity contribution in [3.8, 4) is 0 Å². The number of hydrogen-bond acceptors (Lipinski definition) is 5. The standard InChI is InChI=1S/C17H19N3O2S/c1-5-11-6-7-13-12(8-11)10(4)14(22-13)15(21)18-17-20-19-16(23-17)9(2)3/h6-9H,5H2,1-4H3,(H,18,20,21). The molecule has 3 rings (SSSR count). The maximum Gasteiger partial charge on any atom is 0.293 e. The molecular weight excluding hydrogens is 310 g/mol. The van der Waals surface area contributed by atoms with Crippen molar-refractivity contribution in [2.24, 2.45) is 0 Å². The molecule has 0 spiro atoms. The number of carbonyl (C=O) groups is 1. The average molecular weight is 329 g/mol. The van der Waals surface area contributed by atoms with Gasteiger partial charge in [-0.25, -0.2) is 0 Å². The van der Waals surface area contributed by atoms with Gasteiger partial charge in [0.1, 0.15) is 10.6 Å². The van der Waals surface area contributed by atoms with Crippen molar-refractivity contribution < 1.29 is 9.21 Å². The lowest BCUT2D eigenvalue weighted by Gasteiger charge is -1.99. The molecule has 1 N–H and O–H groups in total. The van der Waals surface area contributed by atoms with Crippen LogP contribution >= 0.6 is 11.3 Å². The second-order valence-corrected chi connectivity index (χ2v) is 6.80. The van der Waals surface area contributed by atoms with Crippen molar-refractivity contribution in [3.05, 3.63) is 40.1 Å². The zero-order chi connectivity index (χ0) is 16.6. The zero-order valence-electron chi connectivity index (χ0n) is 13.6. The molecule has 5 nitrogen and oxygen atoms in total. The highest BCUT2D eigenvalue weighted by Gasteiger charge is 2.19. The maximum atomic E-state index is 12.5. The fourth-order valence-corrected chi connectivity index (χ4v) is 3.12. The molecule has 0 saturated carbocycles. The van der Waals surface area contributed by atoms with Gasteiger partial charge in [-0.05, 0) is 31.0 Å². The minimum atomic E-state index is -0.289. The van der Waals surface area contributed by atoms with Crippen molar-refractivity contribution in [2.75, 3.05) is 5.32 Å². The van der Waals surface area contributed by atoms with Crippen molar-refractivity contribution in [2.45, 2.75) is 40.0 Å². The lowest BCUT2D eigenvalue weighted by molar-refractivity contribution is 0.0998. The number of nitrogens with zero attached hydrogens (tertiary/aromatic N) is 2. The van der Waals surface area contributed by atoms with E-state index in [1.165, 1.54) is 16.9 Å². The van der Waals surface area contributed by atoms with E-state index in [0.29, 0.717) is 16.8 Å². The molecule has 0 aliphatic carbocycles. The summed E-state index contributed by atoms with van der Waals surface area (Å²) in [6.07, 6.45) is 0.949. The van der Waals surface area contributed by atoms with E-state index in [2.05, 4.69) is 28.5 Å². The summed E-state index contributed by atoms with van der Waals surface area (Å²) >= 11 is 1.39. The molecular formula is C17H19N3O2S. The Hall–Kier alpha value is -2.21. The number of rotatable bonds is 4. The van der Waals surface area contributed by atoms with Crippen molar-refractivity contribution in [1.29, 1.82) is 0 Å². The summed E-state index contributed by atoms with van der Waals surface area (Å²) in [7, 11) is 0. The molecule has 0 aliphatic rings. The summed E-state index contributed by atoms with van der Waals surface area (Å²) in [6.45, 7) is 8.09. The van der Waals surface area contributed by atoms with Crippen LogP contribution in [0.2, 0.25) is 0 Å². The van der Waals surface area contributed by atoms with Crippen molar-refractivity contribution >= 4 is 33.3 Å². The summed E-state index contributed by atoms with van der Waals surface area (Å²) in [5.74, 6) is 0.330. The maximum absolute atomic E-state index is 12.5. The van der Waals surface area contributed by atoms with Gasteiger partial charge in [-0.3, -0.25) is 10.1 Å². The summed E-state index contributed by atoms with van der Waals surface area (Å²) < 4.78 is 5.73. The molecule has 23 heavy (non-hydrogen) atoms. The van der Waals surface area contributed by atoms with Crippen LogP contribution in [0.3, 0.4) is 0 Å². The normalized spacial score (nSPS) is 11.3. The first-order valence-electron chi connectivity index (χ1n) is 7.66. The SMILES string of the molecule is CCc1ccc2oc(C(=O)Nc3nnc(C(C)C)s3)c(C)c2c1. The number of amides is 1. The summed E-state index contributed by atoms with van der Waals surface area (Å²) in [4.78, 5) is 12.5. The fraction of sp³-hybridized carbons (Fsp3) is 0.353. The zero-order valence-corrected chi connectivity index (χ0v) is 14.5. The van der Waals surface area contributed by atoms with Gasteiger partial charge in [0.25, 0.3) is 5.91 Å². The fourth-order valence-electron chi connectivity index (χ4n) is 2.38. The number of aryl methyl sites for hydroxylation is 2. The van der Waals surface area contributed by atoms with Crippen LogP contribution in [0.5, 0.6) is 0 Å². The predicted octanol–water partition coefficient (Wildman–Crippen LogP) is 4.53. The third kappa shape index (κ3) is 2.99. The van der Waals surface area contributed by atoms with Crippen LogP contribution in [0.1, 0.15) is 53.4 Å². The molecule has 0 radical (unpaired) electrons. The molecule has 0 unspecified atom stereocenters. The van der Waals surface area contributed by atoms with E-state index in [9.17, 15) is 4.79 Å². The van der Waals surface area contributed by atoms with Crippen LogP contribution in [0, 0.1) is 6.92 Å². The number of carbonyl (C=O) groups excluding carboxylic acids is 1. The third-order valence-electron chi connectivity index (χ3n) is 3.77. The number of hydrogen-bond donors (Lipinski definition) is 1. The van der Waals surface area contributed by atoms with E-state index < -0.39 is 0 Å². The van der Waals surface area contributed by atoms with E-state index in [1.54, 1.807) is 0 Å². The van der Waals surface area contributed by atoms with Gasteiger partial charge >= 0.3 is 0 Å². The van der Waals surface area contributed by atoms with Gasteiger partial charge in [0.05, 0.1) is 0 Å². The van der Waals surface area contributed by atoms with E-state index in [4.69, 9.17) is 4.42 Å². The lowest BCUT2D eigenvalue weighted by Crippen LogP contribution is -2.11. The topological polar surface area (TPSA) is 68.0 Å². The first kappa shape index (κ1) is 15.7. The van der Waals surface area contributed by atoms with Crippen LogP contribution in [-0.2, 0) is 6.42 Å². The number of benzene rings is 1. The first-order chi connectivity index (χ1) is 11.0. The van der Waals surface area contributed by atoms with Crippen LogP contribution in [-0.4, -0.2) is 16.1 Å². The Kier molecular flexibility index (Phi) is 4.17. The van der Waals surface area contributed by atoms with E-state index >= 15 is 0 Å². The monoisotopic (exact) mass is 329 g/mol. The summed E-state index contributed by atoms with van der Waals surface area (Å²) in [6, 6.07) is 6.01. The minimum Gasteiger partial charge on any atom is -0.451 e. The lowest BCUT2D eigenvalue weighted by atomic mass is 10.1. The molecule has 1 aromatic carbocycles. The molecule has 2 heterocycles. The number of fused-ring (bicyclic) bond motifs is 1. The number of aromatic nitrogens is 2. The molecule has 120 valence electrons. The average Bonchev–Trinajstić information content (AvgIpc) is 3.12. The Bertz CT molecular complexity index is 864. The van der Waals surface area contributed by atoms with Gasteiger partial charge in [0.15, 0.2) is 5.76 Å². The van der Waals surface area contributed by atoms with E-state index in [-0.39, 0.29) is 5.91 Å². The summed E-state index contributed by atoms with van der Waals surface area (Å²) in [5, 5.41) is 13.2. The summed E-state index contributed by atoms with van der Waals surface area (Å²) in [5.41, 5.74) is 2.80. The molecule has 3 aromatic rings. The Labute approximate surface area is 138 Å². The van der Waals surface area contributed by atoms with Crippen molar-refractivity contribution in [3.63, 3.8) is 0 Å². The molecule has 0 fully saturated rings. The second kappa shape index (κ2) is 6.12. The Morgan fingerprint density at radius 3 is 2.78 bits per heavy atom. The smallest absolute Gasteiger partial charge is 0.293 e. The van der Waals surface area contributed by atoms with Crippen molar-refractivity contribution in [1.82, 2.24) is 10.2 Å². The van der Waals surface area contributed by atoms with Gasteiger partial charge in [0.2, 0.25) is 5.13 Å². The molecule has 0 bridgehead atoms. The molecule has 0 aliphatic heterocycles. The highest BCUT2D eigenvalue weighted by atomic mass is 32.1. The molecule has 6 heteroatoms. The van der Waals surface area contributed by atoms with Crippen LogP contribution in [0.4, 0.5) is 5.13 Å². The highest BCUT2D eigenvalue weighted by Crippen LogP contribution is 2.28. The Morgan fingerprint density at radius 1 is 1.35 bits per heavy atom. The van der Waals surface area contributed by atoms with Gasteiger partial charge < -0.3 is 4.42 Å². The third-order valence-corrected chi connectivity index (χ3v) is 4.91. The molecule has 0 atom stereocenters. The van der Waals surface area contributed by atoms with Gasteiger partial charge in [0, 0.05) is 16.9 Å². The van der Waals surface area contributed by atoms with Gasteiger partial charge in [-0.15, -0.1) is 10.2 Å². The van der Waals surface area contributed by atoms with E-state index in [0.717, 1.165) is 28.0 Å². The first-order valence-corrected chi connectivity index (χ1v) is 8.48. The van der Waals surface area contributed by atoms with Gasteiger partial charge in [-0.1, -0.05) is 38.2 Å². The number of furan rings is 1. The molecule has 1 amide bonds. The second-order valence-electron chi connectivity index (χ2n) is 5.79. The quantitative estimate of drug-likeness (QED) is 0.763. The van der Waals surface area contributed by atoms with E-state index in [1.807, 2.05) is 32.9 Å². The minimum absolute atomic E-state index is 0.289. The predicted molar refractivity (Wildman–Crippen MR) is 92.3 cm³/mol.